The molecule has 0 spiro atoms. The largest absolute Gasteiger partial charge is 0.418 e. The Bertz CT molecular complexity index is 1570. The number of halogens is 7. The molecule has 1 saturated heterocycles. The molecule has 9 nitrogen and oxygen atoms in total. The van der Waals surface area contributed by atoms with Crippen molar-refractivity contribution >= 4 is 15.9 Å². The number of hydrogen-bond donors (Lipinski definition) is 3. The Balaban J connectivity index is 1.58. The second-order valence-electron chi connectivity index (χ2n) is 9.30. The molecular weight excluding hydrogens is 628 g/mol. The molecule has 1 fully saturated rings. The van der Waals surface area contributed by atoms with Gasteiger partial charge in [-0.1, -0.05) is 15.9 Å². The minimum Gasteiger partial charge on any atom is -0.394 e. The lowest BCUT2D eigenvalue weighted by molar-refractivity contribution is -0.210. The van der Waals surface area contributed by atoms with E-state index >= 15 is 0 Å². The van der Waals surface area contributed by atoms with Gasteiger partial charge in [-0.15, -0.1) is 0 Å². The van der Waals surface area contributed by atoms with Crippen molar-refractivity contribution in [2.24, 2.45) is 0 Å². The maximum Gasteiger partial charge on any atom is 0.418 e. The van der Waals surface area contributed by atoms with Crippen molar-refractivity contribution in [2.75, 3.05) is 6.61 Å². The Morgan fingerprint density at radius 2 is 1.71 bits per heavy atom. The van der Waals surface area contributed by atoms with Crippen LogP contribution in [0.15, 0.2) is 47.2 Å². The number of ether oxygens (including phenoxy) is 1. The summed E-state index contributed by atoms with van der Waals surface area (Å²) in [7, 11) is 0. The Kier molecular flexibility index (Phi) is 7.71. The maximum atomic E-state index is 13.9. The van der Waals surface area contributed by atoms with Gasteiger partial charge in [-0.25, -0.2) is 22.8 Å². The van der Waals surface area contributed by atoms with Gasteiger partial charge in [0.15, 0.2) is 23.3 Å². The van der Waals surface area contributed by atoms with Crippen molar-refractivity contribution in [1.29, 1.82) is 0 Å². The molecule has 2 aromatic carbocycles. The Labute approximate surface area is 235 Å². The number of aliphatic hydroxyl groups excluding tert-OH is 3. The van der Waals surface area contributed by atoms with Crippen molar-refractivity contribution in [3.63, 3.8) is 0 Å². The highest BCUT2D eigenvalue weighted by Crippen LogP contribution is 2.41. The highest BCUT2D eigenvalue weighted by atomic mass is 79.9. The lowest BCUT2D eigenvalue weighted by Crippen LogP contribution is -2.53. The number of nitrogens with zero attached hydrogens (tertiary/aromatic N) is 5. The zero-order chi connectivity index (χ0) is 29.8. The average molecular weight is 648 g/mol. The van der Waals surface area contributed by atoms with Crippen LogP contribution in [-0.4, -0.2) is 64.8 Å². The summed E-state index contributed by atoms with van der Waals surface area (Å²) in [6.45, 7) is 0.651. The normalized spacial score (nSPS) is 23.2. The van der Waals surface area contributed by atoms with Gasteiger partial charge in [-0.3, -0.25) is 4.68 Å². The van der Waals surface area contributed by atoms with Crippen LogP contribution < -0.4 is 0 Å². The summed E-state index contributed by atoms with van der Waals surface area (Å²) >= 11 is 3.15. The van der Waals surface area contributed by atoms with Crippen LogP contribution in [0.3, 0.4) is 0 Å². The van der Waals surface area contributed by atoms with Crippen LogP contribution in [0.1, 0.15) is 29.4 Å². The first-order valence-electron chi connectivity index (χ1n) is 11.9. The second kappa shape index (κ2) is 10.8. The van der Waals surface area contributed by atoms with Gasteiger partial charge in [-0.2, -0.15) is 23.4 Å². The third kappa shape index (κ3) is 5.37. The molecule has 4 aromatic rings. The lowest BCUT2D eigenvalue weighted by atomic mass is 9.92. The van der Waals surface area contributed by atoms with Gasteiger partial charge in [0.2, 0.25) is 0 Å². The Morgan fingerprint density at radius 3 is 2.34 bits per heavy atom. The van der Waals surface area contributed by atoms with E-state index in [-0.39, 0.29) is 22.8 Å². The minimum absolute atomic E-state index is 0.0360. The molecule has 5 atom stereocenters. The second-order valence-corrected chi connectivity index (χ2v) is 10.2. The smallest absolute Gasteiger partial charge is 0.394 e. The number of aliphatic hydroxyl groups is 3. The Hall–Kier alpha value is -3.31. The van der Waals surface area contributed by atoms with E-state index in [1.807, 2.05) is 0 Å². The summed E-state index contributed by atoms with van der Waals surface area (Å²) < 4.78 is 90.6. The molecule has 5 rings (SSSR count). The lowest BCUT2D eigenvalue weighted by Gasteiger charge is -2.42. The fourth-order valence-corrected chi connectivity index (χ4v) is 5.06. The van der Waals surface area contributed by atoms with Gasteiger partial charge in [0.25, 0.3) is 0 Å². The molecule has 0 radical (unpaired) electrons. The number of rotatable bonds is 5. The molecule has 41 heavy (non-hydrogen) atoms. The summed E-state index contributed by atoms with van der Waals surface area (Å²) in [6.07, 6.45) is -8.65. The highest BCUT2D eigenvalue weighted by molar-refractivity contribution is 9.10. The van der Waals surface area contributed by atoms with Crippen LogP contribution in [0.25, 0.3) is 16.8 Å². The first kappa shape index (κ1) is 29.2. The highest BCUT2D eigenvalue weighted by Gasteiger charge is 2.48. The zero-order valence-electron chi connectivity index (χ0n) is 20.8. The molecule has 3 N–H and O–H groups in total. The third-order valence-corrected chi connectivity index (χ3v) is 7.10. The van der Waals surface area contributed by atoms with Gasteiger partial charge in [0.1, 0.15) is 36.3 Å². The van der Waals surface area contributed by atoms with E-state index in [4.69, 9.17) is 4.74 Å². The first-order chi connectivity index (χ1) is 19.3. The topological polar surface area (TPSA) is 118 Å². The van der Waals surface area contributed by atoms with Crippen molar-refractivity contribution in [3.8, 4) is 16.8 Å². The molecular formula is C25H20BrF6N5O4. The van der Waals surface area contributed by atoms with E-state index in [1.54, 1.807) is 0 Å². The van der Waals surface area contributed by atoms with Gasteiger partial charge in [0, 0.05) is 16.2 Å². The van der Waals surface area contributed by atoms with Crippen LogP contribution in [0.4, 0.5) is 26.3 Å². The summed E-state index contributed by atoms with van der Waals surface area (Å²) in [5.74, 6) is -4.78. The molecule has 0 amide bonds. The van der Waals surface area contributed by atoms with Crippen LogP contribution in [0.5, 0.6) is 0 Å². The van der Waals surface area contributed by atoms with E-state index in [1.165, 1.54) is 19.2 Å². The molecule has 2 aromatic heterocycles. The number of aromatic nitrogens is 5. The van der Waals surface area contributed by atoms with E-state index < -0.39 is 71.9 Å². The van der Waals surface area contributed by atoms with Crippen LogP contribution >= 0.6 is 15.9 Å². The molecule has 0 aliphatic carbocycles. The molecule has 3 heterocycles. The standard InChI is InChI=1S/C25H20BrF6N5O4/c1-10-34-24(37(35-10)17-6-13(26)2-3-14(17)25(30,31)32)23-22(40)20(21(39)18(9-38)41-23)36-8-12(7-33-36)11-4-15(27)19(29)16(28)5-11/h2-8,18,20-23,38-40H,9H2,1H3/t18?,20-,21-,22?,23+/m0/s1. The molecule has 1 aliphatic heterocycles. The summed E-state index contributed by atoms with van der Waals surface area (Å²) in [5, 5.41) is 40.4. The fraction of sp³-hybridized carbons (Fsp3) is 0.320. The molecule has 16 heteroatoms. The van der Waals surface area contributed by atoms with E-state index in [2.05, 4.69) is 31.1 Å². The SMILES string of the molecule is Cc1nc([C@@H]2OC(CO)[C@H](O)[C@H](n3cc(-c4cc(F)c(F)c(F)c4)cn3)C2O)n(-c2cc(Br)ccc2C(F)(F)F)n1. The first-order valence-corrected chi connectivity index (χ1v) is 12.7. The van der Waals surface area contributed by atoms with Gasteiger partial charge in [0.05, 0.1) is 24.1 Å². The summed E-state index contributed by atoms with van der Waals surface area (Å²) in [5.41, 5.74) is -1.48. The van der Waals surface area contributed by atoms with E-state index in [0.29, 0.717) is 4.47 Å². The fourth-order valence-electron chi connectivity index (χ4n) is 4.71. The Morgan fingerprint density at radius 1 is 1.02 bits per heavy atom. The summed E-state index contributed by atoms with van der Waals surface area (Å²) in [4.78, 5) is 4.19. The van der Waals surface area contributed by atoms with Gasteiger partial charge >= 0.3 is 6.18 Å². The summed E-state index contributed by atoms with van der Waals surface area (Å²) in [6, 6.07) is 3.28. The van der Waals surface area contributed by atoms with Gasteiger partial charge < -0.3 is 20.1 Å². The molecule has 218 valence electrons. The number of aryl methyl sites for hydroxylation is 1. The van der Waals surface area contributed by atoms with E-state index in [9.17, 15) is 41.7 Å². The van der Waals surface area contributed by atoms with Gasteiger partial charge in [-0.05, 0) is 42.8 Å². The molecule has 0 saturated carbocycles. The number of benzene rings is 2. The predicted molar refractivity (Wildman–Crippen MR) is 132 cm³/mol. The quantitative estimate of drug-likeness (QED) is 0.221. The monoisotopic (exact) mass is 647 g/mol. The number of hydrogen-bond acceptors (Lipinski definition) is 7. The van der Waals surface area contributed by atoms with Crippen molar-refractivity contribution < 1.29 is 46.4 Å². The maximum absolute atomic E-state index is 13.9. The van der Waals surface area contributed by atoms with Crippen LogP contribution in [0.2, 0.25) is 0 Å². The molecule has 2 unspecified atom stereocenters. The average Bonchev–Trinajstić information content (AvgIpc) is 3.53. The van der Waals surface area contributed by atoms with Crippen molar-refractivity contribution in [3.05, 3.63) is 81.9 Å². The predicted octanol–water partition coefficient (Wildman–Crippen LogP) is 4.03. The third-order valence-electron chi connectivity index (χ3n) is 6.60. The number of alkyl halides is 3. The van der Waals surface area contributed by atoms with Crippen molar-refractivity contribution in [1.82, 2.24) is 24.5 Å². The van der Waals surface area contributed by atoms with Crippen LogP contribution in [-0.2, 0) is 10.9 Å². The van der Waals surface area contributed by atoms with E-state index in [0.717, 1.165) is 39.8 Å². The molecule has 1 aliphatic rings. The zero-order valence-corrected chi connectivity index (χ0v) is 22.4. The van der Waals surface area contributed by atoms with Crippen LogP contribution in [0, 0.1) is 24.4 Å². The van der Waals surface area contributed by atoms with Crippen molar-refractivity contribution in [2.45, 2.75) is 43.6 Å². The molecule has 0 bridgehead atoms. The minimum atomic E-state index is -4.78.